The molecule has 0 radical (unpaired) electrons. The molecule has 3 aromatic heterocycles. The van der Waals surface area contributed by atoms with E-state index in [-0.39, 0.29) is 23.0 Å². The second-order valence-corrected chi connectivity index (χ2v) is 8.54. The van der Waals surface area contributed by atoms with E-state index in [9.17, 15) is 4.39 Å². The van der Waals surface area contributed by atoms with Gasteiger partial charge in [0.25, 0.3) is 0 Å². The summed E-state index contributed by atoms with van der Waals surface area (Å²) in [4.78, 5) is 11.1. The summed E-state index contributed by atoms with van der Waals surface area (Å²) in [7, 11) is 0. The van der Waals surface area contributed by atoms with Gasteiger partial charge in [-0.3, -0.25) is 5.10 Å². The fourth-order valence-electron chi connectivity index (χ4n) is 4.43. The molecule has 0 bridgehead atoms. The average Bonchev–Trinajstić information content (AvgIpc) is 3.08. The van der Waals surface area contributed by atoms with Crippen LogP contribution in [0.15, 0.2) is 30.5 Å². The maximum atomic E-state index is 14.6. The van der Waals surface area contributed by atoms with E-state index in [2.05, 4.69) is 45.8 Å². The summed E-state index contributed by atoms with van der Waals surface area (Å²) in [5.74, 6) is 0.957. The Balaban J connectivity index is 1.69. The maximum Gasteiger partial charge on any atom is 0.181 e. The van der Waals surface area contributed by atoms with Crippen LogP contribution in [0.1, 0.15) is 33.6 Å². The van der Waals surface area contributed by atoms with Gasteiger partial charge < -0.3 is 10.6 Å². The quantitative estimate of drug-likeness (QED) is 0.718. The van der Waals surface area contributed by atoms with E-state index in [0.717, 1.165) is 37.1 Å². The van der Waals surface area contributed by atoms with Gasteiger partial charge in [0.1, 0.15) is 11.5 Å². The normalized spacial score (nSPS) is 22.9. The SMILES string of the molecule is CC(C)CC1(C)CN(c2ccc(F)c(-c3[nH]nc4ncccc34)n2)CCC1N. The topological polar surface area (TPSA) is 83.7 Å². The Morgan fingerprint density at radius 2 is 2.18 bits per heavy atom. The number of piperidine rings is 1. The fourth-order valence-corrected chi connectivity index (χ4v) is 4.43. The van der Waals surface area contributed by atoms with E-state index in [4.69, 9.17) is 5.73 Å². The number of nitrogens with one attached hydrogen (secondary N) is 1. The molecule has 6 nitrogen and oxygen atoms in total. The smallest absolute Gasteiger partial charge is 0.181 e. The minimum absolute atomic E-state index is 0.00719. The van der Waals surface area contributed by atoms with E-state index in [0.29, 0.717) is 17.3 Å². The van der Waals surface area contributed by atoms with Crippen molar-refractivity contribution in [1.29, 1.82) is 0 Å². The lowest BCUT2D eigenvalue weighted by Crippen LogP contribution is -2.54. The molecular formula is C21H27FN6. The van der Waals surface area contributed by atoms with Crippen LogP contribution in [0.4, 0.5) is 10.2 Å². The Labute approximate surface area is 164 Å². The third-order valence-electron chi connectivity index (χ3n) is 5.75. The number of anilines is 1. The highest BCUT2D eigenvalue weighted by molar-refractivity contribution is 5.89. The van der Waals surface area contributed by atoms with Crippen molar-refractivity contribution in [2.75, 3.05) is 18.0 Å². The lowest BCUT2D eigenvalue weighted by Gasteiger charge is -2.46. The van der Waals surface area contributed by atoms with Crippen molar-refractivity contribution in [3.05, 3.63) is 36.3 Å². The molecule has 7 heteroatoms. The van der Waals surface area contributed by atoms with Gasteiger partial charge in [-0.25, -0.2) is 14.4 Å². The molecule has 0 amide bonds. The molecule has 0 aliphatic carbocycles. The molecule has 3 aromatic rings. The zero-order valence-electron chi connectivity index (χ0n) is 16.6. The van der Waals surface area contributed by atoms with Crippen LogP contribution in [0.25, 0.3) is 22.4 Å². The van der Waals surface area contributed by atoms with Gasteiger partial charge in [0.15, 0.2) is 11.5 Å². The summed E-state index contributed by atoms with van der Waals surface area (Å²) in [5.41, 5.74) is 7.86. The number of fused-ring (bicyclic) bond motifs is 1. The molecule has 2 unspecified atom stereocenters. The molecule has 2 atom stereocenters. The molecule has 1 fully saturated rings. The lowest BCUT2D eigenvalue weighted by atomic mass is 9.72. The molecule has 4 heterocycles. The van der Waals surface area contributed by atoms with Gasteiger partial charge in [-0.2, -0.15) is 5.10 Å². The molecule has 28 heavy (non-hydrogen) atoms. The van der Waals surface area contributed by atoms with Crippen molar-refractivity contribution >= 4 is 16.9 Å². The van der Waals surface area contributed by atoms with Gasteiger partial charge in [-0.05, 0) is 43.0 Å². The summed E-state index contributed by atoms with van der Waals surface area (Å²) < 4.78 is 14.6. The van der Waals surface area contributed by atoms with E-state index >= 15 is 0 Å². The third kappa shape index (κ3) is 3.35. The van der Waals surface area contributed by atoms with Crippen LogP contribution in [0, 0.1) is 17.2 Å². The van der Waals surface area contributed by atoms with Crippen LogP contribution < -0.4 is 10.6 Å². The number of hydrogen-bond donors (Lipinski definition) is 2. The van der Waals surface area contributed by atoms with Crippen LogP contribution in [-0.2, 0) is 0 Å². The van der Waals surface area contributed by atoms with E-state index in [1.54, 1.807) is 12.3 Å². The first-order valence-electron chi connectivity index (χ1n) is 9.84. The summed E-state index contributed by atoms with van der Waals surface area (Å²) in [6.45, 7) is 8.33. The van der Waals surface area contributed by atoms with Crippen LogP contribution >= 0.6 is 0 Å². The van der Waals surface area contributed by atoms with Gasteiger partial charge in [0.05, 0.1) is 5.69 Å². The number of aromatic nitrogens is 4. The second-order valence-electron chi connectivity index (χ2n) is 8.54. The summed E-state index contributed by atoms with van der Waals surface area (Å²) >= 11 is 0. The predicted octanol–water partition coefficient (Wildman–Crippen LogP) is 3.75. The van der Waals surface area contributed by atoms with Gasteiger partial charge in [0.2, 0.25) is 0 Å². The number of pyridine rings is 2. The third-order valence-corrected chi connectivity index (χ3v) is 5.75. The molecule has 0 spiro atoms. The first-order chi connectivity index (χ1) is 13.4. The predicted molar refractivity (Wildman–Crippen MR) is 109 cm³/mol. The highest BCUT2D eigenvalue weighted by Crippen LogP contribution is 2.37. The van der Waals surface area contributed by atoms with Gasteiger partial charge in [0, 0.05) is 36.1 Å². The number of H-pyrrole nitrogens is 1. The molecule has 148 valence electrons. The number of nitrogens with zero attached hydrogens (tertiary/aromatic N) is 4. The van der Waals surface area contributed by atoms with Crippen LogP contribution in [0.2, 0.25) is 0 Å². The maximum absolute atomic E-state index is 14.6. The minimum atomic E-state index is -0.378. The Kier molecular flexibility index (Phi) is 4.79. The molecule has 1 aliphatic heterocycles. The van der Waals surface area contributed by atoms with Gasteiger partial charge in [-0.15, -0.1) is 0 Å². The highest BCUT2D eigenvalue weighted by atomic mass is 19.1. The van der Waals surface area contributed by atoms with Gasteiger partial charge in [-0.1, -0.05) is 20.8 Å². The molecule has 1 aliphatic rings. The summed E-state index contributed by atoms with van der Waals surface area (Å²) in [6.07, 6.45) is 3.61. The monoisotopic (exact) mass is 382 g/mol. The Hall–Kier alpha value is -2.54. The van der Waals surface area contributed by atoms with Gasteiger partial charge >= 0.3 is 0 Å². The first-order valence-corrected chi connectivity index (χ1v) is 9.84. The van der Waals surface area contributed by atoms with Crippen LogP contribution in [0.3, 0.4) is 0 Å². The Bertz CT molecular complexity index is 984. The molecule has 4 rings (SSSR count). The van der Waals surface area contributed by atoms with E-state index in [1.807, 2.05) is 12.1 Å². The van der Waals surface area contributed by atoms with Crippen LogP contribution in [0.5, 0.6) is 0 Å². The second kappa shape index (κ2) is 7.13. The number of halogens is 1. The van der Waals surface area contributed by atoms with Crippen molar-refractivity contribution in [2.45, 2.75) is 39.7 Å². The molecule has 1 saturated heterocycles. The number of rotatable bonds is 4. The molecule has 3 N–H and O–H groups in total. The number of nitrogens with two attached hydrogens (primary N) is 1. The van der Waals surface area contributed by atoms with Crippen molar-refractivity contribution in [3.8, 4) is 11.4 Å². The summed E-state index contributed by atoms with van der Waals surface area (Å²) in [5, 5.41) is 7.83. The largest absolute Gasteiger partial charge is 0.356 e. The zero-order chi connectivity index (χ0) is 19.9. The van der Waals surface area contributed by atoms with Crippen molar-refractivity contribution in [2.24, 2.45) is 17.1 Å². The van der Waals surface area contributed by atoms with Crippen LogP contribution in [-0.4, -0.2) is 39.3 Å². The minimum Gasteiger partial charge on any atom is -0.356 e. The average molecular weight is 382 g/mol. The summed E-state index contributed by atoms with van der Waals surface area (Å²) in [6, 6.07) is 7.08. The fraction of sp³-hybridized carbons (Fsp3) is 0.476. The molecule has 0 saturated carbocycles. The van der Waals surface area contributed by atoms with Crippen molar-refractivity contribution in [1.82, 2.24) is 20.2 Å². The molecule has 0 aromatic carbocycles. The van der Waals surface area contributed by atoms with E-state index < -0.39 is 0 Å². The Morgan fingerprint density at radius 3 is 2.96 bits per heavy atom. The Morgan fingerprint density at radius 1 is 1.36 bits per heavy atom. The van der Waals surface area contributed by atoms with Crippen molar-refractivity contribution < 1.29 is 4.39 Å². The number of hydrogen-bond acceptors (Lipinski definition) is 5. The van der Waals surface area contributed by atoms with E-state index in [1.165, 1.54) is 6.07 Å². The standard InChI is InChI=1S/C21H27FN6/c1-13(2)11-21(3)12-28(10-8-16(21)23)17-7-6-15(22)19(25-17)18-14-5-4-9-24-20(14)27-26-18/h4-7,9,13,16H,8,10-12,23H2,1-3H3,(H,24,26,27). The first kappa shape index (κ1) is 18.8. The zero-order valence-corrected chi connectivity index (χ0v) is 16.6. The van der Waals surface area contributed by atoms with Crippen molar-refractivity contribution in [3.63, 3.8) is 0 Å². The number of aromatic amines is 1. The lowest BCUT2D eigenvalue weighted by molar-refractivity contribution is 0.176. The highest BCUT2D eigenvalue weighted by Gasteiger charge is 2.38. The molecular weight excluding hydrogens is 355 g/mol.